The van der Waals surface area contributed by atoms with Gasteiger partial charge in [0.05, 0.1) is 19.8 Å². The van der Waals surface area contributed by atoms with Gasteiger partial charge in [-0.3, -0.25) is 4.79 Å². The minimum Gasteiger partial charge on any atom is -0.496 e. The Morgan fingerprint density at radius 3 is 2.26 bits per heavy atom. The molecule has 4 nitrogen and oxygen atoms in total. The second kappa shape index (κ2) is 10.2. The number of benzene rings is 4. The Hall–Kier alpha value is -4.10. The van der Waals surface area contributed by atoms with E-state index < -0.39 is 17.3 Å². The van der Waals surface area contributed by atoms with Gasteiger partial charge >= 0.3 is 5.97 Å². The van der Waals surface area contributed by atoms with Gasteiger partial charge in [-0.1, -0.05) is 91.0 Å². The van der Waals surface area contributed by atoms with Crippen molar-refractivity contribution in [2.75, 3.05) is 13.7 Å². The van der Waals surface area contributed by atoms with Gasteiger partial charge in [-0.25, -0.2) is 0 Å². The van der Waals surface area contributed by atoms with E-state index in [0.717, 1.165) is 27.5 Å². The van der Waals surface area contributed by atoms with Crippen LogP contribution in [-0.2, 0) is 16.0 Å². The lowest BCUT2D eigenvalue weighted by Crippen LogP contribution is -2.40. The quantitative estimate of drug-likeness (QED) is 0.296. The van der Waals surface area contributed by atoms with Crippen molar-refractivity contribution in [1.29, 1.82) is 5.26 Å². The zero-order chi connectivity index (χ0) is 24.0. The highest BCUT2D eigenvalue weighted by atomic mass is 16.5. The number of esters is 1. The second-order valence-electron chi connectivity index (χ2n) is 8.21. The van der Waals surface area contributed by atoms with E-state index in [1.807, 2.05) is 97.1 Å². The molecule has 170 valence electrons. The van der Waals surface area contributed by atoms with Crippen LogP contribution in [0.15, 0.2) is 97.1 Å². The van der Waals surface area contributed by atoms with Crippen molar-refractivity contribution in [2.24, 2.45) is 5.41 Å². The van der Waals surface area contributed by atoms with Gasteiger partial charge < -0.3 is 9.47 Å². The largest absolute Gasteiger partial charge is 0.496 e. The summed E-state index contributed by atoms with van der Waals surface area (Å²) in [5.74, 6) is -0.540. The fraction of sp³-hybridized carbons (Fsp3) is 0.200. The smallest absolute Gasteiger partial charge is 0.327 e. The van der Waals surface area contributed by atoms with Crippen LogP contribution in [0.5, 0.6) is 5.75 Å². The summed E-state index contributed by atoms with van der Waals surface area (Å²) in [6.07, 6.45) is 0.203. The molecule has 0 saturated heterocycles. The molecule has 0 amide bonds. The number of para-hydroxylation sites is 1. The number of methoxy groups -OCH3 is 1. The van der Waals surface area contributed by atoms with Crippen LogP contribution in [0.25, 0.3) is 10.8 Å². The van der Waals surface area contributed by atoms with Crippen molar-refractivity contribution in [3.63, 3.8) is 0 Å². The lowest BCUT2D eigenvalue weighted by atomic mass is 9.65. The first-order chi connectivity index (χ1) is 16.6. The van der Waals surface area contributed by atoms with Gasteiger partial charge in [-0.15, -0.1) is 0 Å². The Morgan fingerprint density at radius 1 is 0.882 bits per heavy atom. The number of fused-ring (bicyclic) bond motifs is 1. The molecule has 0 N–H and O–H groups in total. The Morgan fingerprint density at radius 2 is 1.53 bits per heavy atom. The van der Waals surface area contributed by atoms with E-state index in [1.54, 1.807) is 14.0 Å². The van der Waals surface area contributed by atoms with Crippen LogP contribution >= 0.6 is 0 Å². The molecule has 34 heavy (non-hydrogen) atoms. The highest BCUT2D eigenvalue weighted by Crippen LogP contribution is 2.49. The summed E-state index contributed by atoms with van der Waals surface area (Å²) in [4.78, 5) is 13.7. The van der Waals surface area contributed by atoms with Crippen molar-refractivity contribution >= 4 is 16.7 Å². The fourth-order valence-electron chi connectivity index (χ4n) is 4.73. The van der Waals surface area contributed by atoms with Gasteiger partial charge in [0.25, 0.3) is 0 Å². The van der Waals surface area contributed by atoms with Crippen molar-refractivity contribution in [2.45, 2.75) is 19.3 Å². The van der Waals surface area contributed by atoms with Crippen LogP contribution in [0.2, 0.25) is 0 Å². The zero-order valence-corrected chi connectivity index (χ0v) is 19.4. The SMILES string of the molecule is CCOC(=O)C(C#N)(Cc1ccccc1)C(c1ccccc1OC)c1cccc2ccccc12. The number of nitrogens with zero attached hydrogens (tertiary/aromatic N) is 1. The molecular formula is C30H27NO3. The molecule has 0 fully saturated rings. The first kappa shape index (κ1) is 23.1. The van der Waals surface area contributed by atoms with Gasteiger partial charge in [0.15, 0.2) is 5.41 Å². The molecule has 4 aromatic rings. The van der Waals surface area contributed by atoms with Crippen LogP contribution in [0.1, 0.15) is 29.5 Å². The maximum absolute atomic E-state index is 13.7. The van der Waals surface area contributed by atoms with E-state index in [2.05, 4.69) is 6.07 Å². The number of hydrogen-bond donors (Lipinski definition) is 0. The maximum atomic E-state index is 13.7. The Kier molecular flexibility index (Phi) is 6.94. The molecule has 0 heterocycles. The van der Waals surface area contributed by atoms with E-state index in [4.69, 9.17) is 9.47 Å². The number of ether oxygens (including phenoxy) is 2. The molecule has 0 aliphatic rings. The number of carbonyl (C=O) groups excluding carboxylic acids is 1. The average Bonchev–Trinajstić information content (AvgIpc) is 2.89. The number of carbonyl (C=O) groups is 1. The summed E-state index contributed by atoms with van der Waals surface area (Å²) in [6, 6.07) is 33.7. The van der Waals surface area contributed by atoms with E-state index >= 15 is 0 Å². The molecule has 0 aromatic heterocycles. The number of rotatable bonds is 8. The summed E-state index contributed by atoms with van der Waals surface area (Å²) in [5, 5.41) is 12.8. The molecule has 0 bridgehead atoms. The lowest BCUT2D eigenvalue weighted by molar-refractivity contribution is -0.152. The topological polar surface area (TPSA) is 59.3 Å². The summed E-state index contributed by atoms with van der Waals surface area (Å²) in [7, 11) is 1.61. The van der Waals surface area contributed by atoms with E-state index in [0.29, 0.717) is 5.75 Å². The normalized spacial score (nSPS) is 13.4. The third-order valence-electron chi connectivity index (χ3n) is 6.24. The Balaban J connectivity index is 2.07. The lowest BCUT2D eigenvalue weighted by Gasteiger charge is -2.35. The third kappa shape index (κ3) is 4.25. The summed E-state index contributed by atoms with van der Waals surface area (Å²) >= 11 is 0. The molecule has 0 saturated carbocycles. The molecule has 0 radical (unpaired) electrons. The molecule has 2 unspecified atom stereocenters. The van der Waals surface area contributed by atoms with Crippen molar-refractivity contribution in [3.05, 3.63) is 114 Å². The van der Waals surface area contributed by atoms with Gasteiger partial charge in [-0.05, 0) is 34.9 Å². The molecule has 4 heteroatoms. The summed E-state index contributed by atoms with van der Waals surface area (Å²) in [6.45, 7) is 1.95. The number of hydrogen-bond acceptors (Lipinski definition) is 4. The molecule has 4 rings (SSSR count). The molecule has 0 spiro atoms. The van der Waals surface area contributed by atoms with Crippen molar-refractivity contribution in [3.8, 4) is 11.8 Å². The number of nitriles is 1. The average molecular weight is 450 g/mol. The predicted octanol–water partition coefficient (Wildman–Crippen LogP) is 6.30. The predicted molar refractivity (Wildman–Crippen MR) is 134 cm³/mol. The van der Waals surface area contributed by atoms with E-state index in [-0.39, 0.29) is 13.0 Å². The molecule has 2 atom stereocenters. The monoisotopic (exact) mass is 449 g/mol. The second-order valence-corrected chi connectivity index (χ2v) is 8.21. The standard InChI is InChI=1S/C30H27NO3/c1-3-34-29(32)30(21-31,20-22-12-5-4-6-13-22)28(26-17-9-10-19-27(26)33-2)25-18-11-15-23-14-7-8-16-24(23)25/h4-19,28H,3,20H2,1-2H3. The minimum atomic E-state index is -1.52. The van der Waals surface area contributed by atoms with Crippen molar-refractivity contribution < 1.29 is 14.3 Å². The van der Waals surface area contributed by atoms with Crippen LogP contribution in [0, 0.1) is 16.7 Å². The van der Waals surface area contributed by atoms with Crippen molar-refractivity contribution in [1.82, 2.24) is 0 Å². The van der Waals surface area contributed by atoms with Gasteiger partial charge in [0, 0.05) is 17.9 Å². The van der Waals surface area contributed by atoms with E-state index in [9.17, 15) is 10.1 Å². The highest BCUT2D eigenvalue weighted by molar-refractivity contribution is 5.90. The van der Waals surface area contributed by atoms with Gasteiger partial charge in [0.2, 0.25) is 0 Å². The Labute approximate surface area is 200 Å². The fourth-order valence-corrected chi connectivity index (χ4v) is 4.73. The van der Waals surface area contributed by atoms with Crippen LogP contribution in [0.4, 0.5) is 0 Å². The van der Waals surface area contributed by atoms with Crippen LogP contribution < -0.4 is 4.74 Å². The maximum Gasteiger partial charge on any atom is 0.327 e. The minimum absolute atomic E-state index is 0.186. The third-order valence-corrected chi connectivity index (χ3v) is 6.24. The molecule has 4 aromatic carbocycles. The summed E-state index contributed by atoms with van der Waals surface area (Å²) in [5.41, 5.74) is 1.02. The molecular weight excluding hydrogens is 422 g/mol. The molecule has 0 aliphatic carbocycles. The van der Waals surface area contributed by atoms with Gasteiger partial charge in [0.1, 0.15) is 5.75 Å². The van der Waals surface area contributed by atoms with Crippen LogP contribution in [0.3, 0.4) is 0 Å². The summed E-state index contributed by atoms with van der Waals surface area (Å²) < 4.78 is 11.3. The first-order valence-electron chi connectivity index (χ1n) is 11.4. The molecule has 0 aliphatic heterocycles. The van der Waals surface area contributed by atoms with Crippen LogP contribution in [-0.4, -0.2) is 19.7 Å². The van der Waals surface area contributed by atoms with Gasteiger partial charge in [-0.2, -0.15) is 5.26 Å². The zero-order valence-electron chi connectivity index (χ0n) is 19.4. The Bertz CT molecular complexity index is 1320. The van der Waals surface area contributed by atoms with E-state index in [1.165, 1.54) is 0 Å². The first-order valence-corrected chi connectivity index (χ1v) is 11.4. The highest BCUT2D eigenvalue weighted by Gasteiger charge is 2.50.